The van der Waals surface area contributed by atoms with Crippen LogP contribution in [0.1, 0.15) is 42.2 Å². The van der Waals surface area contributed by atoms with Crippen LogP contribution in [0, 0.1) is 0 Å². The van der Waals surface area contributed by atoms with E-state index in [1.165, 1.54) is 15.8 Å². The normalized spacial score (nSPS) is 12.7. The van der Waals surface area contributed by atoms with Crippen molar-refractivity contribution in [3.05, 3.63) is 70.1 Å². The molecule has 0 aliphatic rings. The van der Waals surface area contributed by atoms with Gasteiger partial charge in [-0.05, 0) is 46.4 Å². The summed E-state index contributed by atoms with van der Waals surface area (Å²) in [6, 6.07) is 14.7. The molecule has 21 heavy (non-hydrogen) atoms. The van der Waals surface area contributed by atoms with Gasteiger partial charge in [-0.2, -0.15) is 0 Å². The van der Waals surface area contributed by atoms with Crippen LogP contribution < -0.4 is 0 Å². The van der Waals surface area contributed by atoms with Crippen LogP contribution in [0.25, 0.3) is 10.1 Å². The molecule has 3 aromatic rings. The first-order chi connectivity index (χ1) is 10.2. The number of rotatable bonds is 4. The molecule has 0 spiro atoms. The molecule has 3 rings (SSSR count). The van der Waals surface area contributed by atoms with Gasteiger partial charge in [0.2, 0.25) is 0 Å². The van der Waals surface area contributed by atoms with E-state index >= 15 is 0 Å². The van der Waals surface area contributed by atoms with E-state index < -0.39 is 6.10 Å². The smallest absolute Gasteiger partial charge is 0.105 e. The van der Waals surface area contributed by atoms with Gasteiger partial charge in [0.1, 0.15) is 6.10 Å². The van der Waals surface area contributed by atoms with Crippen molar-refractivity contribution in [2.24, 2.45) is 0 Å². The first-order valence-electron chi connectivity index (χ1n) is 7.50. The predicted octanol–water partition coefficient (Wildman–Crippen LogP) is 5.11. The van der Waals surface area contributed by atoms with Crippen LogP contribution in [0.5, 0.6) is 0 Å². The van der Waals surface area contributed by atoms with Crippen LogP contribution in [0.3, 0.4) is 0 Å². The fourth-order valence-electron chi connectivity index (χ4n) is 2.88. The SMILES string of the molecule is CCc1ccc(C(O)c2csc3ccccc23)cc1CC. The van der Waals surface area contributed by atoms with E-state index in [4.69, 9.17) is 0 Å². The molecule has 1 N–H and O–H groups in total. The molecule has 0 bridgehead atoms. The number of aryl methyl sites for hydroxylation is 2. The summed E-state index contributed by atoms with van der Waals surface area (Å²) in [5, 5.41) is 14.0. The van der Waals surface area contributed by atoms with Crippen molar-refractivity contribution < 1.29 is 5.11 Å². The summed E-state index contributed by atoms with van der Waals surface area (Å²) in [4.78, 5) is 0. The van der Waals surface area contributed by atoms with Crippen molar-refractivity contribution in [3.63, 3.8) is 0 Å². The average molecular weight is 296 g/mol. The van der Waals surface area contributed by atoms with Crippen LogP contribution in [-0.2, 0) is 12.8 Å². The zero-order valence-electron chi connectivity index (χ0n) is 12.5. The highest BCUT2D eigenvalue weighted by molar-refractivity contribution is 7.17. The minimum absolute atomic E-state index is 0.544. The minimum Gasteiger partial charge on any atom is -0.384 e. The van der Waals surface area contributed by atoms with E-state index in [2.05, 4.69) is 49.6 Å². The second-order valence-electron chi connectivity index (χ2n) is 5.32. The van der Waals surface area contributed by atoms with E-state index in [-0.39, 0.29) is 0 Å². The molecule has 0 saturated carbocycles. The van der Waals surface area contributed by atoms with Crippen molar-refractivity contribution in [3.8, 4) is 0 Å². The lowest BCUT2D eigenvalue weighted by atomic mass is 9.95. The van der Waals surface area contributed by atoms with Gasteiger partial charge in [0.05, 0.1) is 0 Å². The molecule has 0 radical (unpaired) electrons. The Morgan fingerprint density at radius 2 is 1.76 bits per heavy atom. The first kappa shape index (κ1) is 14.3. The number of hydrogen-bond donors (Lipinski definition) is 1. The maximum absolute atomic E-state index is 10.8. The summed E-state index contributed by atoms with van der Waals surface area (Å²) >= 11 is 1.69. The molecule has 2 aromatic carbocycles. The Morgan fingerprint density at radius 1 is 1.00 bits per heavy atom. The van der Waals surface area contributed by atoms with Gasteiger partial charge in [-0.25, -0.2) is 0 Å². The van der Waals surface area contributed by atoms with Crippen LogP contribution in [0.15, 0.2) is 47.8 Å². The lowest BCUT2D eigenvalue weighted by Gasteiger charge is -2.14. The first-order valence-corrected chi connectivity index (χ1v) is 8.38. The van der Waals surface area contributed by atoms with Gasteiger partial charge in [0, 0.05) is 10.3 Å². The number of thiophene rings is 1. The third-order valence-electron chi connectivity index (χ3n) is 4.11. The molecule has 1 unspecified atom stereocenters. The average Bonchev–Trinajstić information content (AvgIpc) is 2.97. The number of aliphatic hydroxyl groups is 1. The summed E-state index contributed by atoms with van der Waals surface area (Å²) in [5.41, 5.74) is 4.73. The monoisotopic (exact) mass is 296 g/mol. The van der Waals surface area contributed by atoms with Crippen molar-refractivity contribution in [2.75, 3.05) is 0 Å². The van der Waals surface area contributed by atoms with Crippen LogP contribution in [0.4, 0.5) is 0 Å². The van der Waals surface area contributed by atoms with Crippen molar-refractivity contribution in [1.29, 1.82) is 0 Å². The fraction of sp³-hybridized carbons (Fsp3) is 0.263. The maximum atomic E-state index is 10.8. The molecule has 0 aliphatic carbocycles. The van der Waals surface area contributed by atoms with Crippen molar-refractivity contribution in [2.45, 2.75) is 32.8 Å². The predicted molar refractivity (Wildman–Crippen MR) is 91.1 cm³/mol. The lowest BCUT2D eigenvalue weighted by molar-refractivity contribution is 0.222. The van der Waals surface area contributed by atoms with E-state index in [1.807, 2.05) is 12.1 Å². The van der Waals surface area contributed by atoms with Gasteiger partial charge in [-0.1, -0.05) is 50.2 Å². The van der Waals surface area contributed by atoms with Gasteiger partial charge in [0.25, 0.3) is 0 Å². The standard InChI is InChI=1S/C19H20OS/c1-3-13-9-10-15(11-14(13)4-2)19(20)17-12-21-18-8-6-5-7-16(17)18/h5-12,19-20H,3-4H2,1-2H3. The van der Waals surface area contributed by atoms with E-state index in [0.29, 0.717) is 0 Å². The maximum Gasteiger partial charge on any atom is 0.105 e. The third-order valence-corrected chi connectivity index (χ3v) is 5.10. The van der Waals surface area contributed by atoms with Gasteiger partial charge in [-0.15, -0.1) is 11.3 Å². The Morgan fingerprint density at radius 3 is 2.52 bits per heavy atom. The fourth-order valence-corrected chi connectivity index (χ4v) is 3.86. The highest BCUT2D eigenvalue weighted by atomic mass is 32.1. The molecule has 1 atom stereocenters. The molecule has 0 saturated heterocycles. The van der Waals surface area contributed by atoms with E-state index in [1.54, 1.807) is 11.3 Å². The minimum atomic E-state index is -0.544. The van der Waals surface area contributed by atoms with Crippen LogP contribution >= 0.6 is 11.3 Å². The van der Waals surface area contributed by atoms with Gasteiger partial charge in [0.15, 0.2) is 0 Å². The molecular formula is C19H20OS. The zero-order chi connectivity index (χ0) is 14.8. The summed E-state index contributed by atoms with van der Waals surface area (Å²) in [5.74, 6) is 0. The molecule has 1 aromatic heterocycles. The number of benzene rings is 2. The summed E-state index contributed by atoms with van der Waals surface area (Å²) in [6.07, 6.45) is 1.51. The second-order valence-corrected chi connectivity index (χ2v) is 6.24. The largest absolute Gasteiger partial charge is 0.384 e. The summed E-state index contributed by atoms with van der Waals surface area (Å²) in [6.45, 7) is 4.35. The Bertz CT molecular complexity index is 757. The quantitative estimate of drug-likeness (QED) is 0.709. The number of hydrogen-bond acceptors (Lipinski definition) is 2. The topological polar surface area (TPSA) is 20.2 Å². The van der Waals surface area contributed by atoms with Crippen molar-refractivity contribution in [1.82, 2.24) is 0 Å². The molecule has 2 heteroatoms. The third kappa shape index (κ3) is 2.61. The lowest BCUT2D eigenvalue weighted by Crippen LogP contribution is -2.01. The molecular weight excluding hydrogens is 276 g/mol. The van der Waals surface area contributed by atoms with E-state index in [9.17, 15) is 5.11 Å². The summed E-state index contributed by atoms with van der Waals surface area (Å²) in [7, 11) is 0. The number of fused-ring (bicyclic) bond motifs is 1. The Kier molecular flexibility index (Phi) is 4.09. The van der Waals surface area contributed by atoms with Crippen molar-refractivity contribution >= 4 is 21.4 Å². The molecule has 0 fully saturated rings. The summed E-state index contributed by atoms with van der Waals surface area (Å²) < 4.78 is 1.23. The van der Waals surface area contributed by atoms with Crippen LogP contribution in [0.2, 0.25) is 0 Å². The van der Waals surface area contributed by atoms with E-state index in [0.717, 1.165) is 29.4 Å². The molecule has 1 heterocycles. The Labute approximate surface area is 129 Å². The number of aliphatic hydroxyl groups excluding tert-OH is 1. The Hall–Kier alpha value is -1.64. The van der Waals surface area contributed by atoms with Gasteiger partial charge >= 0.3 is 0 Å². The van der Waals surface area contributed by atoms with Gasteiger partial charge < -0.3 is 5.11 Å². The molecule has 0 aliphatic heterocycles. The molecule has 108 valence electrons. The molecule has 1 nitrogen and oxygen atoms in total. The van der Waals surface area contributed by atoms with Crippen LogP contribution in [-0.4, -0.2) is 5.11 Å². The molecule has 0 amide bonds. The zero-order valence-corrected chi connectivity index (χ0v) is 13.3. The highest BCUT2D eigenvalue weighted by Crippen LogP contribution is 2.34. The highest BCUT2D eigenvalue weighted by Gasteiger charge is 2.16. The second kappa shape index (κ2) is 6.00. The Balaban J connectivity index is 2.04. The van der Waals surface area contributed by atoms with Gasteiger partial charge in [-0.3, -0.25) is 0 Å².